The van der Waals surface area contributed by atoms with Crippen LogP contribution in [0.25, 0.3) is 10.8 Å². The molecule has 0 saturated carbocycles. The molecule has 4 rings (SSSR count). The number of nitrogens with one attached hydrogen (secondary N) is 1. The van der Waals surface area contributed by atoms with Crippen LogP contribution in [-0.2, 0) is 13.5 Å². The summed E-state index contributed by atoms with van der Waals surface area (Å²) in [6.45, 7) is 0. The number of hydrogen-bond donors (Lipinski definition) is 1. The van der Waals surface area contributed by atoms with Gasteiger partial charge < -0.3 is 4.57 Å². The molecule has 27 heavy (non-hydrogen) atoms. The molecule has 0 atom stereocenters. The molecule has 134 valence electrons. The molecule has 0 saturated heterocycles. The number of pyridine rings is 1. The number of benzene rings is 2. The molecular weight excluding hydrogens is 360 g/mol. The Kier molecular flexibility index (Phi) is 4.52. The highest BCUT2D eigenvalue weighted by Crippen LogP contribution is 2.21. The van der Waals surface area contributed by atoms with Crippen LogP contribution in [0.1, 0.15) is 20.9 Å². The van der Waals surface area contributed by atoms with Crippen molar-refractivity contribution < 1.29 is 4.79 Å². The predicted octanol–water partition coefficient (Wildman–Crippen LogP) is 3.23. The van der Waals surface area contributed by atoms with E-state index in [9.17, 15) is 9.59 Å². The van der Waals surface area contributed by atoms with Crippen molar-refractivity contribution >= 4 is 33.1 Å². The minimum Gasteiger partial charge on any atom is -0.317 e. The van der Waals surface area contributed by atoms with Gasteiger partial charge in [-0.3, -0.25) is 14.9 Å². The minimum atomic E-state index is -0.316. The highest BCUT2D eigenvalue weighted by molar-refractivity contribution is 7.15. The van der Waals surface area contributed by atoms with Gasteiger partial charge in [-0.1, -0.05) is 59.9 Å². The molecule has 2 aromatic heterocycles. The zero-order chi connectivity index (χ0) is 18.8. The second-order valence-corrected chi connectivity index (χ2v) is 7.18. The number of carbonyl (C=O) groups is 1. The second-order valence-electron chi connectivity index (χ2n) is 6.12. The second kappa shape index (κ2) is 7.13. The molecule has 4 aromatic rings. The average molecular weight is 376 g/mol. The van der Waals surface area contributed by atoms with Crippen LogP contribution in [-0.4, -0.2) is 20.7 Å². The highest BCUT2D eigenvalue weighted by Gasteiger charge is 2.15. The number of amides is 1. The van der Waals surface area contributed by atoms with Crippen LogP contribution in [0.3, 0.4) is 0 Å². The number of nitrogens with zero attached hydrogens (tertiary/aromatic N) is 3. The van der Waals surface area contributed by atoms with Gasteiger partial charge >= 0.3 is 0 Å². The lowest BCUT2D eigenvalue weighted by Gasteiger charge is -2.08. The Bertz CT molecular complexity index is 1180. The summed E-state index contributed by atoms with van der Waals surface area (Å²) in [5, 5.41) is 13.4. The van der Waals surface area contributed by atoms with Gasteiger partial charge in [-0.05, 0) is 11.6 Å². The van der Waals surface area contributed by atoms with E-state index in [1.807, 2.05) is 36.4 Å². The molecular formula is C20H16N4O2S. The first-order valence-corrected chi connectivity index (χ1v) is 9.19. The van der Waals surface area contributed by atoms with Crippen molar-refractivity contribution in [1.82, 2.24) is 14.8 Å². The van der Waals surface area contributed by atoms with E-state index in [2.05, 4.69) is 15.5 Å². The third-order valence-electron chi connectivity index (χ3n) is 4.22. The fraction of sp³-hybridized carbons (Fsp3) is 0.100. The van der Waals surface area contributed by atoms with Crippen molar-refractivity contribution in [3.8, 4) is 0 Å². The van der Waals surface area contributed by atoms with Crippen molar-refractivity contribution in [2.24, 2.45) is 7.05 Å². The molecule has 0 bridgehead atoms. The maximum atomic E-state index is 12.8. The molecule has 7 heteroatoms. The molecule has 1 amide bonds. The third-order valence-corrected chi connectivity index (χ3v) is 5.06. The van der Waals surface area contributed by atoms with E-state index >= 15 is 0 Å². The SMILES string of the molecule is Cn1cc(C(=O)Nc2nnc(Cc3ccccc3)s2)c2ccccc2c1=O. The molecule has 6 nitrogen and oxygen atoms in total. The summed E-state index contributed by atoms with van der Waals surface area (Å²) in [5.41, 5.74) is 1.42. The topological polar surface area (TPSA) is 76.9 Å². The highest BCUT2D eigenvalue weighted by atomic mass is 32.1. The zero-order valence-corrected chi connectivity index (χ0v) is 15.4. The van der Waals surface area contributed by atoms with E-state index in [0.717, 1.165) is 10.6 Å². The van der Waals surface area contributed by atoms with Crippen molar-refractivity contribution in [1.29, 1.82) is 0 Å². The van der Waals surface area contributed by atoms with Crippen LogP contribution in [0.15, 0.2) is 65.6 Å². The molecule has 0 unspecified atom stereocenters. The number of rotatable bonds is 4. The van der Waals surface area contributed by atoms with Gasteiger partial charge in [-0.15, -0.1) is 10.2 Å². The number of fused-ring (bicyclic) bond motifs is 1. The summed E-state index contributed by atoms with van der Waals surface area (Å²) >= 11 is 1.34. The maximum absolute atomic E-state index is 12.8. The Morgan fingerprint density at radius 1 is 1.04 bits per heavy atom. The fourth-order valence-electron chi connectivity index (χ4n) is 2.91. The van der Waals surface area contributed by atoms with Crippen LogP contribution >= 0.6 is 11.3 Å². The lowest BCUT2D eigenvalue weighted by molar-refractivity contribution is 0.102. The molecule has 0 spiro atoms. The van der Waals surface area contributed by atoms with E-state index in [1.165, 1.54) is 15.9 Å². The summed E-state index contributed by atoms with van der Waals surface area (Å²) < 4.78 is 1.41. The predicted molar refractivity (Wildman–Crippen MR) is 106 cm³/mol. The zero-order valence-electron chi connectivity index (χ0n) is 14.5. The lowest BCUT2D eigenvalue weighted by atomic mass is 10.1. The number of aromatic nitrogens is 3. The first-order valence-electron chi connectivity index (χ1n) is 8.38. The van der Waals surface area contributed by atoms with Gasteiger partial charge in [0.15, 0.2) is 0 Å². The van der Waals surface area contributed by atoms with E-state index in [-0.39, 0.29) is 11.5 Å². The Labute approximate surface area is 159 Å². The monoisotopic (exact) mass is 376 g/mol. The summed E-state index contributed by atoms with van der Waals surface area (Å²) in [4.78, 5) is 25.0. The molecule has 1 N–H and O–H groups in total. The summed E-state index contributed by atoms with van der Waals surface area (Å²) in [7, 11) is 1.63. The minimum absolute atomic E-state index is 0.136. The Hall–Kier alpha value is -3.32. The molecule has 0 aliphatic carbocycles. The number of anilines is 1. The molecule has 0 aliphatic rings. The molecule has 0 radical (unpaired) electrons. The first-order chi connectivity index (χ1) is 13.1. The van der Waals surface area contributed by atoms with Gasteiger partial charge in [0.05, 0.1) is 5.56 Å². The lowest BCUT2D eigenvalue weighted by Crippen LogP contribution is -2.21. The summed E-state index contributed by atoms with van der Waals surface area (Å²) in [5.74, 6) is -0.316. The molecule has 0 fully saturated rings. The number of aryl methyl sites for hydroxylation is 1. The summed E-state index contributed by atoms with van der Waals surface area (Å²) in [6, 6.07) is 17.0. The van der Waals surface area contributed by atoms with E-state index in [1.54, 1.807) is 31.4 Å². The molecule has 0 aliphatic heterocycles. The Morgan fingerprint density at radius 2 is 1.74 bits per heavy atom. The van der Waals surface area contributed by atoms with E-state index in [4.69, 9.17) is 0 Å². The molecule has 2 aromatic carbocycles. The number of hydrogen-bond acceptors (Lipinski definition) is 5. The van der Waals surface area contributed by atoms with Gasteiger partial charge in [0.2, 0.25) is 5.13 Å². The quantitative estimate of drug-likeness (QED) is 0.593. The van der Waals surface area contributed by atoms with Crippen molar-refractivity contribution in [3.63, 3.8) is 0 Å². The average Bonchev–Trinajstić information content (AvgIpc) is 3.12. The smallest absolute Gasteiger partial charge is 0.259 e. The van der Waals surface area contributed by atoms with Crippen LogP contribution < -0.4 is 10.9 Å². The normalized spacial score (nSPS) is 10.9. The van der Waals surface area contributed by atoms with Gasteiger partial charge in [0.1, 0.15) is 5.01 Å². The largest absolute Gasteiger partial charge is 0.317 e. The van der Waals surface area contributed by atoms with Crippen molar-refractivity contribution in [3.05, 3.63) is 87.3 Å². The van der Waals surface area contributed by atoms with Gasteiger partial charge in [-0.25, -0.2) is 0 Å². The van der Waals surface area contributed by atoms with Crippen LogP contribution in [0.5, 0.6) is 0 Å². The molecule has 2 heterocycles. The number of carbonyl (C=O) groups excluding carboxylic acids is 1. The Balaban J connectivity index is 1.59. The Morgan fingerprint density at radius 3 is 2.52 bits per heavy atom. The van der Waals surface area contributed by atoms with Gasteiger partial charge in [-0.2, -0.15) is 0 Å². The van der Waals surface area contributed by atoms with Gasteiger partial charge in [0, 0.05) is 30.4 Å². The van der Waals surface area contributed by atoms with Crippen LogP contribution in [0.2, 0.25) is 0 Å². The van der Waals surface area contributed by atoms with Crippen LogP contribution in [0, 0.1) is 0 Å². The fourth-order valence-corrected chi connectivity index (χ4v) is 3.68. The van der Waals surface area contributed by atoms with E-state index in [0.29, 0.717) is 27.9 Å². The first kappa shape index (κ1) is 17.1. The van der Waals surface area contributed by atoms with Crippen LogP contribution in [0.4, 0.5) is 5.13 Å². The van der Waals surface area contributed by atoms with Crippen molar-refractivity contribution in [2.45, 2.75) is 6.42 Å². The van der Waals surface area contributed by atoms with E-state index < -0.39 is 0 Å². The summed E-state index contributed by atoms with van der Waals surface area (Å²) in [6.07, 6.45) is 2.21. The maximum Gasteiger partial charge on any atom is 0.259 e. The standard InChI is InChI=1S/C20H16N4O2S/c1-24-12-16(14-9-5-6-10-15(14)19(24)26)18(25)21-20-23-22-17(27-20)11-13-7-3-2-4-8-13/h2-10,12H,11H2,1H3,(H,21,23,25). The van der Waals surface area contributed by atoms with Gasteiger partial charge in [0.25, 0.3) is 11.5 Å². The van der Waals surface area contributed by atoms with Crippen molar-refractivity contribution in [2.75, 3.05) is 5.32 Å². The third kappa shape index (κ3) is 3.50.